The molecule has 0 bridgehead atoms. The smallest absolute Gasteiger partial charge is 0.262 e. The van der Waals surface area contributed by atoms with E-state index in [0.29, 0.717) is 23.0 Å². The molecule has 0 fully saturated rings. The summed E-state index contributed by atoms with van der Waals surface area (Å²) < 4.78 is 5.36. The van der Waals surface area contributed by atoms with Gasteiger partial charge in [0.2, 0.25) is 0 Å². The summed E-state index contributed by atoms with van der Waals surface area (Å²) in [6.45, 7) is 4.35. The topological polar surface area (TPSA) is 92.9 Å². The van der Waals surface area contributed by atoms with Crippen LogP contribution in [-0.2, 0) is 6.54 Å². The van der Waals surface area contributed by atoms with Crippen molar-refractivity contribution in [3.05, 3.63) is 71.0 Å². The van der Waals surface area contributed by atoms with E-state index in [-0.39, 0.29) is 11.9 Å². The van der Waals surface area contributed by atoms with E-state index in [1.165, 1.54) is 17.7 Å². The second-order valence-electron chi connectivity index (χ2n) is 6.34. The first kappa shape index (κ1) is 18.1. The highest BCUT2D eigenvalue weighted by Crippen LogP contribution is 2.33. The minimum Gasteiger partial charge on any atom is -0.467 e. The van der Waals surface area contributed by atoms with Crippen molar-refractivity contribution >= 4 is 33.3 Å². The fraction of sp³-hybridized carbons (Fsp3) is 0.200. The highest BCUT2D eigenvalue weighted by molar-refractivity contribution is 7.20. The molecule has 0 spiro atoms. The molecule has 1 atom stereocenters. The van der Waals surface area contributed by atoms with Crippen LogP contribution in [0.3, 0.4) is 0 Å². The van der Waals surface area contributed by atoms with Crippen molar-refractivity contribution in [3.63, 3.8) is 0 Å². The van der Waals surface area contributed by atoms with Gasteiger partial charge in [-0.3, -0.25) is 9.78 Å². The molecule has 1 amide bonds. The Morgan fingerprint density at radius 2 is 2.11 bits per heavy atom. The van der Waals surface area contributed by atoms with Gasteiger partial charge >= 0.3 is 0 Å². The maximum Gasteiger partial charge on any atom is 0.262 e. The molecule has 7 nitrogen and oxygen atoms in total. The summed E-state index contributed by atoms with van der Waals surface area (Å²) in [5, 5.41) is 7.14. The molecule has 142 valence electrons. The third kappa shape index (κ3) is 3.59. The van der Waals surface area contributed by atoms with Gasteiger partial charge in [0.15, 0.2) is 0 Å². The molecule has 0 aliphatic carbocycles. The van der Waals surface area contributed by atoms with Crippen molar-refractivity contribution in [2.24, 2.45) is 0 Å². The van der Waals surface area contributed by atoms with Crippen LogP contribution in [0.5, 0.6) is 0 Å². The van der Waals surface area contributed by atoms with Crippen molar-refractivity contribution in [3.8, 4) is 0 Å². The van der Waals surface area contributed by atoms with Crippen LogP contribution in [0.25, 0.3) is 10.2 Å². The molecule has 8 heteroatoms. The summed E-state index contributed by atoms with van der Waals surface area (Å²) in [6, 6.07) is 9.19. The van der Waals surface area contributed by atoms with E-state index in [9.17, 15) is 4.79 Å². The Morgan fingerprint density at radius 1 is 1.21 bits per heavy atom. The zero-order chi connectivity index (χ0) is 19.5. The predicted molar refractivity (Wildman–Crippen MR) is 108 cm³/mol. The van der Waals surface area contributed by atoms with Crippen LogP contribution in [0.2, 0.25) is 0 Å². The third-order valence-corrected chi connectivity index (χ3v) is 5.61. The van der Waals surface area contributed by atoms with Gasteiger partial charge in [0, 0.05) is 6.20 Å². The van der Waals surface area contributed by atoms with Gasteiger partial charge in [-0.15, -0.1) is 11.3 Å². The van der Waals surface area contributed by atoms with Gasteiger partial charge in [0.05, 0.1) is 34.8 Å². The maximum absolute atomic E-state index is 12.8. The molecule has 28 heavy (non-hydrogen) atoms. The lowest BCUT2D eigenvalue weighted by Gasteiger charge is -2.11. The van der Waals surface area contributed by atoms with Crippen molar-refractivity contribution in [2.75, 3.05) is 5.32 Å². The third-order valence-electron chi connectivity index (χ3n) is 4.41. The summed E-state index contributed by atoms with van der Waals surface area (Å²) in [6.07, 6.45) is 4.86. The number of pyridine rings is 1. The first-order chi connectivity index (χ1) is 13.6. The average molecular weight is 393 g/mol. The number of nitrogens with one attached hydrogen (secondary N) is 2. The highest BCUT2D eigenvalue weighted by atomic mass is 32.1. The molecule has 0 aromatic carbocycles. The molecular formula is C20H19N5O2S. The van der Waals surface area contributed by atoms with Gasteiger partial charge < -0.3 is 15.1 Å². The molecule has 4 heterocycles. The van der Waals surface area contributed by atoms with Gasteiger partial charge in [0.25, 0.3) is 5.91 Å². The molecule has 0 saturated carbocycles. The number of hydrogen-bond acceptors (Lipinski definition) is 7. The van der Waals surface area contributed by atoms with Gasteiger partial charge in [-0.25, -0.2) is 9.97 Å². The zero-order valence-corrected chi connectivity index (χ0v) is 16.3. The molecule has 0 radical (unpaired) electrons. The summed E-state index contributed by atoms with van der Waals surface area (Å²) in [7, 11) is 0. The summed E-state index contributed by atoms with van der Waals surface area (Å²) in [4.78, 5) is 27.2. The fourth-order valence-electron chi connectivity index (χ4n) is 2.97. The van der Waals surface area contributed by atoms with Crippen LogP contribution in [0.1, 0.15) is 39.7 Å². The Morgan fingerprint density at radius 3 is 2.86 bits per heavy atom. The standard InChI is InChI=1S/C20H19N5O2S/c1-12-16-18(22-10-14-6-3-4-8-21-14)23-11-24-20(16)28-17(12)19(26)25-13(2)15-7-5-9-27-15/h3-9,11,13H,10H2,1-2H3,(H,25,26)(H,22,23,24). The van der Waals surface area contributed by atoms with Gasteiger partial charge in [-0.1, -0.05) is 6.07 Å². The fourth-order valence-corrected chi connectivity index (χ4v) is 4.02. The zero-order valence-electron chi connectivity index (χ0n) is 15.5. The summed E-state index contributed by atoms with van der Waals surface area (Å²) in [5.41, 5.74) is 1.76. The average Bonchev–Trinajstić information content (AvgIpc) is 3.36. The summed E-state index contributed by atoms with van der Waals surface area (Å²) in [5.74, 6) is 1.26. The number of fused-ring (bicyclic) bond motifs is 1. The number of carbonyl (C=O) groups excluding carboxylic acids is 1. The molecule has 2 N–H and O–H groups in total. The molecule has 1 unspecified atom stereocenters. The number of thiophene rings is 1. The quantitative estimate of drug-likeness (QED) is 0.512. The van der Waals surface area contributed by atoms with Crippen LogP contribution in [0.15, 0.2) is 53.5 Å². The van der Waals surface area contributed by atoms with Crippen LogP contribution >= 0.6 is 11.3 Å². The molecule has 4 aromatic rings. The van der Waals surface area contributed by atoms with Crippen molar-refractivity contribution < 1.29 is 9.21 Å². The Bertz CT molecular complexity index is 1090. The molecule has 0 aliphatic rings. The number of anilines is 1. The Kier molecular flexibility index (Phi) is 5.03. The Hall–Kier alpha value is -3.26. The normalized spacial score (nSPS) is 12.1. The van der Waals surface area contributed by atoms with Crippen LogP contribution in [0.4, 0.5) is 5.82 Å². The second kappa shape index (κ2) is 7.77. The van der Waals surface area contributed by atoms with E-state index in [1.54, 1.807) is 18.5 Å². The minimum atomic E-state index is -0.222. The predicted octanol–water partition coefficient (Wildman–Crippen LogP) is 4.09. The van der Waals surface area contributed by atoms with Gasteiger partial charge in [-0.2, -0.15) is 0 Å². The molecule has 4 aromatic heterocycles. The van der Waals surface area contributed by atoms with E-state index in [0.717, 1.165) is 21.5 Å². The Balaban J connectivity index is 1.58. The lowest BCUT2D eigenvalue weighted by atomic mass is 10.2. The number of nitrogens with zero attached hydrogens (tertiary/aromatic N) is 3. The van der Waals surface area contributed by atoms with Crippen molar-refractivity contribution in [1.29, 1.82) is 0 Å². The molecular weight excluding hydrogens is 374 g/mol. The lowest BCUT2D eigenvalue weighted by Crippen LogP contribution is -2.26. The Labute approximate surface area is 165 Å². The lowest BCUT2D eigenvalue weighted by molar-refractivity contribution is 0.0939. The maximum atomic E-state index is 12.8. The van der Waals surface area contributed by atoms with Gasteiger partial charge in [0.1, 0.15) is 22.7 Å². The van der Waals surface area contributed by atoms with Crippen LogP contribution < -0.4 is 10.6 Å². The molecule has 0 saturated heterocycles. The first-order valence-corrected chi connectivity index (χ1v) is 9.67. The molecule has 0 aliphatic heterocycles. The van der Waals surface area contributed by atoms with Crippen LogP contribution in [0, 0.1) is 6.92 Å². The van der Waals surface area contributed by atoms with E-state index in [2.05, 4.69) is 25.6 Å². The number of aryl methyl sites for hydroxylation is 1. The number of furan rings is 1. The summed E-state index contributed by atoms with van der Waals surface area (Å²) >= 11 is 1.36. The highest BCUT2D eigenvalue weighted by Gasteiger charge is 2.21. The van der Waals surface area contributed by atoms with Crippen LogP contribution in [-0.4, -0.2) is 20.9 Å². The van der Waals surface area contributed by atoms with E-state index < -0.39 is 0 Å². The number of aromatic nitrogens is 3. The number of hydrogen-bond donors (Lipinski definition) is 2. The van der Waals surface area contributed by atoms with Crippen molar-refractivity contribution in [2.45, 2.75) is 26.4 Å². The minimum absolute atomic E-state index is 0.153. The van der Waals surface area contributed by atoms with Crippen molar-refractivity contribution in [1.82, 2.24) is 20.3 Å². The van der Waals surface area contributed by atoms with E-state index in [1.807, 2.05) is 38.1 Å². The largest absolute Gasteiger partial charge is 0.467 e. The number of rotatable bonds is 6. The number of carbonyl (C=O) groups is 1. The SMILES string of the molecule is Cc1c(C(=O)NC(C)c2ccco2)sc2ncnc(NCc3ccccn3)c12. The second-order valence-corrected chi connectivity index (χ2v) is 7.34. The first-order valence-electron chi connectivity index (χ1n) is 8.85. The van der Waals surface area contributed by atoms with E-state index in [4.69, 9.17) is 4.42 Å². The molecule has 4 rings (SSSR count). The van der Waals surface area contributed by atoms with Gasteiger partial charge in [-0.05, 0) is 43.7 Å². The van der Waals surface area contributed by atoms with E-state index >= 15 is 0 Å². The monoisotopic (exact) mass is 393 g/mol. The number of amides is 1.